The maximum absolute atomic E-state index is 12.6. The van der Waals surface area contributed by atoms with Crippen LogP contribution < -0.4 is 0 Å². The number of ether oxygens (including phenoxy) is 3. The predicted molar refractivity (Wildman–Crippen MR) is 89.6 cm³/mol. The van der Waals surface area contributed by atoms with Crippen LogP contribution in [0.15, 0.2) is 11.6 Å². The van der Waals surface area contributed by atoms with Gasteiger partial charge in [-0.25, -0.2) is 0 Å². The molecule has 0 saturated carbocycles. The van der Waals surface area contributed by atoms with Crippen LogP contribution in [0.1, 0.15) is 39.5 Å². The van der Waals surface area contributed by atoms with Crippen LogP contribution in [0.5, 0.6) is 0 Å². The van der Waals surface area contributed by atoms with Gasteiger partial charge in [-0.1, -0.05) is 11.6 Å². The molecule has 0 amide bonds. The molecule has 24 heavy (non-hydrogen) atoms. The van der Waals surface area contributed by atoms with Crippen molar-refractivity contribution in [1.82, 2.24) is 4.90 Å². The van der Waals surface area contributed by atoms with Gasteiger partial charge in [0.2, 0.25) is 0 Å². The molecule has 4 rings (SSSR count). The summed E-state index contributed by atoms with van der Waals surface area (Å²) in [5, 5.41) is 0. The Morgan fingerprint density at radius 1 is 1.33 bits per heavy atom. The lowest BCUT2D eigenvalue weighted by molar-refractivity contribution is -0.145. The van der Waals surface area contributed by atoms with E-state index in [4.69, 9.17) is 14.2 Å². The van der Waals surface area contributed by atoms with Gasteiger partial charge in [-0.15, -0.1) is 0 Å². The van der Waals surface area contributed by atoms with Gasteiger partial charge in [0.05, 0.1) is 24.7 Å². The molecular formula is C19H29NO4. The molecule has 0 bridgehead atoms. The number of esters is 1. The van der Waals surface area contributed by atoms with E-state index in [1.54, 1.807) is 0 Å². The van der Waals surface area contributed by atoms with E-state index in [2.05, 4.69) is 24.8 Å². The Hall–Kier alpha value is -0.910. The lowest BCUT2D eigenvalue weighted by Crippen LogP contribution is -2.42. The topological polar surface area (TPSA) is 51.3 Å². The highest BCUT2D eigenvalue weighted by Crippen LogP contribution is 2.50. The standard InChI is InChI=1S/C19H29NO4/c1-13-4-3-7-19(2)17(24-19)16-14(6-5-13)15(18(21)23-16)12-20-8-10-22-11-9-20/h4,14-17H,3,5-12H2,1-2H3/t14-,15-,16-,17-,19+/m0/s1. The zero-order valence-corrected chi connectivity index (χ0v) is 14.8. The molecular weight excluding hydrogens is 306 g/mol. The van der Waals surface area contributed by atoms with Crippen LogP contribution in [0.25, 0.3) is 0 Å². The number of nitrogens with zero attached hydrogens (tertiary/aromatic N) is 1. The molecule has 3 fully saturated rings. The largest absolute Gasteiger partial charge is 0.459 e. The third-order valence-corrected chi connectivity index (χ3v) is 6.30. The minimum absolute atomic E-state index is 0.0183. The summed E-state index contributed by atoms with van der Waals surface area (Å²) in [6, 6.07) is 0. The molecule has 1 aliphatic carbocycles. The summed E-state index contributed by atoms with van der Waals surface area (Å²) >= 11 is 0. The molecule has 0 unspecified atom stereocenters. The van der Waals surface area contributed by atoms with Crippen molar-refractivity contribution in [3.05, 3.63) is 11.6 Å². The summed E-state index contributed by atoms with van der Waals surface area (Å²) < 4.78 is 17.3. The Labute approximate surface area is 144 Å². The number of allylic oxidation sites excluding steroid dienone is 2. The van der Waals surface area contributed by atoms with Crippen LogP contribution in [0.3, 0.4) is 0 Å². The molecule has 3 saturated heterocycles. The molecule has 0 aromatic carbocycles. The first-order valence-electron chi connectivity index (χ1n) is 9.41. The summed E-state index contributed by atoms with van der Waals surface area (Å²) in [6.45, 7) is 8.54. The fourth-order valence-corrected chi connectivity index (χ4v) is 4.61. The van der Waals surface area contributed by atoms with E-state index < -0.39 is 0 Å². The number of carbonyl (C=O) groups is 1. The fourth-order valence-electron chi connectivity index (χ4n) is 4.61. The minimum Gasteiger partial charge on any atom is -0.459 e. The number of carbonyl (C=O) groups excluding carboxylic acids is 1. The molecule has 134 valence electrons. The van der Waals surface area contributed by atoms with Gasteiger partial charge in [-0.2, -0.15) is 0 Å². The normalized spacial score (nSPS) is 43.4. The van der Waals surface area contributed by atoms with Gasteiger partial charge in [-0.05, 0) is 39.5 Å². The summed E-state index contributed by atoms with van der Waals surface area (Å²) in [6.07, 6.45) is 6.53. The lowest BCUT2D eigenvalue weighted by Gasteiger charge is -2.30. The first-order chi connectivity index (χ1) is 11.6. The highest BCUT2D eigenvalue weighted by Gasteiger charge is 2.62. The number of fused-ring (bicyclic) bond motifs is 3. The van der Waals surface area contributed by atoms with Crippen LogP contribution >= 0.6 is 0 Å². The van der Waals surface area contributed by atoms with Crippen molar-refractivity contribution in [2.24, 2.45) is 11.8 Å². The lowest BCUT2D eigenvalue weighted by atomic mass is 9.80. The Kier molecular flexibility index (Phi) is 4.43. The average Bonchev–Trinajstić information content (AvgIpc) is 3.14. The van der Waals surface area contributed by atoms with Crippen molar-refractivity contribution in [2.45, 2.75) is 57.3 Å². The van der Waals surface area contributed by atoms with Crippen molar-refractivity contribution in [3.63, 3.8) is 0 Å². The Morgan fingerprint density at radius 3 is 2.92 bits per heavy atom. The molecule has 0 aromatic heterocycles. The second kappa shape index (κ2) is 6.43. The van der Waals surface area contributed by atoms with Gasteiger partial charge in [-0.3, -0.25) is 9.69 Å². The first-order valence-corrected chi connectivity index (χ1v) is 9.41. The van der Waals surface area contributed by atoms with Gasteiger partial charge in [0.15, 0.2) is 0 Å². The zero-order valence-electron chi connectivity index (χ0n) is 14.8. The SMILES string of the molecule is CC1=CCC[C@@]2(C)O[C@H]2[C@H]2OC(=O)[C@@H](CN3CCOCC3)[C@@H]2CC1. The van der Waals surface area contributed by atoms with Gasteiger partial charge in [0.25, 0.3) is 0 Å². The minimum atomic E-state index is -0.106. The molecule has 0 spiro atoms. The highest BCUT2D eigenvalue weighted by atomic mass is 16.6. The van der Waals surface area contributed by atoms with E-state index in [0.717, 1.165) is 58.5 Å². The maximum Gasteiger partial charge on any atom is 0.311 e. The van der Waals surface area contributed by atoms with Gasteiger partial charge in [0, 0.05) is 25.6 Å². The second-order valence-corrected chi connectivity index (χ2v) is 8.06. The van der Waals surface area contributed by atoms with E-state index >= 15 is 0 Å². The summed E-state index contributed by atoms with van der Waals surface area (Å²) in [4.78, 5) is 15.0. The molecule has 3 aliphatic heterocycles. The fraction of sp³-hybridized carbons (Fsp3) is 0.842. The molecule has 0 radical (unpaired) electrons. The van der Waals surface area contributed by atoms with Crippen LogP contribution in [0.2, 0.25) is 0 Å². The van der Waals surface area contributed by atoms with Crippen LogP contribution in [-0.2, 0) is 19.0 Å². The second-order valence-electron chi connectivity index (χ2n) is 8.06. The summed E-state index contributed by atoms with van der Waals surface area (Å²) in [7, 11) is 0. The number of epoxide rings is 1. The number of hydrogen-bond donors (Lipinski definition) is 0. The molecule has 5 atom stereocenters. The third kappa shape index (κ3) is 3.14. The molecule has 5 nitrogen and oxygen atoms in total. The van der Waals surface area contributed by atoms with Crippen molar-refractivity contribution in [3.8, 4) is 0 Å². The predicted octanol–water partition coefficient (Wildman–Crippen LogP) is 2.15. The van der Waals surface area contributed by atoms with E-state index in [9.17, 15) is 4.79 Å². The Balaban J connectivity index is 1.52. The molecule has 0 aromatic rings. The smallest absolute Gasteiger partial charge is 0.311 e. The van der Waals surface area contributed by atoms with E-state index in [0.29, 0.717) is 0 Å². The first kappa shape index (κ1) is 16.6. The number of rotatable bonds is 2. The van der Waals surface area contributed by atoms with Crippen LogP contribution in [0.4, 0.5) is 0 Å². The molecule has 4 aliphatic rings. The van der Waals surface area contributed by atoms with Crippen molar-refractivity contribution < 1.29 is 19.0 Å². The van der Waals surface area contributed by atoms with Crippen molar-refractivity contribution in [2.75, 3.05) is 32.8 Å². The Bertz CT molecular complexity index is 527. The van der Waals surface area contributed by atoms with Crippen LogP contribution in [0, 0.1) is 11.8 Å². The van der Waals surface area contributed by atoms with E-state index in [-0.39, 0.29) is 35.6 Å². The third-order valence-electron chi connectivity index (χ3n) is 6.30. The molecule has 5 heteroatoms. The maximum atomic E-state index is 12.6. The monoisotopic (exact) mass is 335 g/mol. The highest BCUT2D eigenvalue weighted by molar-refractivity contribution is 5.75. The summed E-state index contributed by atoms with van der Waals surface area (Å²) in [5.74, 6) is 0.234. The van der Waals surface area contributed by atoms with Gasteiger partial charge < -0.3 is 14.2 Å². The quantitative estimate of drug-likeness (QED) is 0.440. The zero-order chi connectivity index (χ0) is 16.7. The van der Waals surface area contributed by atoms with Crippen LogP contribution in [-0.4, -0.2) is 61.5 Å². The number of morpholine rings is 1. The van der Waals surface area contributed by atoms with Crippen molar-refractivity contribution in [1.29, 1.82) is 0 Å². The molecule has 0 N–H and O–H groups in total. The molecule has 3 heterocycles. The average molecular weight is 335 g/mol. The van der Waals surface area contributed by atoms with Crippen molar-refractivity contribution >= 4 is 5.97 Å². The summed E-state index contributed by atoms with van der Waals surface area (Å²) in [5.41, 5.74) is 1.33. The van der Waals surface area contributed by atoms with E-state index in [1.165, 1.54) is 5.57 Å². The number of hydrogen-bond acceptors (Lipinski definition) is 5. The van der Waals surface area contributed by atoms with Gasteiger partial charge in [0.1, 0.15) is 12.2 Å². The Morgan fingerprint density at radius 2 is 2.12 bits per heavy atom. The van der Waals surface area contributed by atoms with E-state index in [1.807, 2.05) is 0 Å². The van der Waals surface area contributed by atoms with Gasteiger partial charge >= 0.3 is 5.97 Å².